The van der Waals surface area contributed by atoms with E-state index in [0.717, 1.165) is 37.2 Å². The van der Waals surface area contributed by atoms with Gasteiger partial charge in [-0.3, -0.25) is 0 Å². The minimum Gasteiger partial charge on any atom is -0.491 e. The third-order valence-electron chi connectivity index (χ3n) is 4.79. The Morgan fingerprint density at radius 2 is 2.07 bits per heavy atom. The molecule has 1 heterocycles. The van der Waals surface area contributed by atoms with Crippen molar-refractivity contribution in [1.29, 1.82) is 0 Å². The molecule has 5 heteroatoms. The third-order valence-corrected chi connectivity index (χ3v) is 4.79. The average molecular weight is 368 g/mol. The number of benzene rings is 2. The van der Waals surface area contributed by atoms with E-state index in [0.29, 0.717) is 12.3 Å². The van der Waals surface area contributed by atoms with Crippen molar-refractivity contribution in [2.45, 2.75) is 45.3 Å². The average Bonchev–Trinajstić information content (AvgIpc) is 3.20. The number of anilines is 1. The summed E-state index contributed by atoms with van der Waals surface area (Å²) in [7, 11) is 0. The summed E-state index contributed by atoms with van der Waals surface area (Å²) >= 11 is 0. The number of urea groups is 1. The van der Waals surface area contributed by atoms with Gasteiger partial charge in [-0.25, -0.2) is 4.79 Å². The van der Waals surface area contributed by atoms with Crippen molar-refractivity contribution in [3.63, 3.8) is 0 Å². The van der Waals surface area contributed by atoms with E-state index in [-0.39, 0.29) is 18.2 Å². The fourth-order valence-electron chi connectivity index (χ4n) is 3.12. The first-order valence-electron chi connectivity index (χ1n) is 9.65. The predicted molar refractivity (Wildman–Crippen MR) is 107 cm³/mol. The third kappa shape index (κ3) is 5.73. The van der Waals surface area contributed by atoms with Gasteiger partial charge in [0, 0.05) is 18.4 Å². The zero-order valence-corrected chi connectivity index (χ0v) is 16.0. The van der Waals surface area contributed by atoms with Crippen LogP contribution in [-0.4, -0.2) is 25.3 Å². The number of carbonyl (C=O) groups is 1. The number of ether oxygens (including phenoxy) is 2. The van der Waals surface area contributed by atoms with Crippen molar-refractivity contribution in [3.8, 4) is 5.75 Å². The Morgan fingerprint density at radius 3 is 2.78 bits per heavy atom. The zero-order chi connectivity index (χ0) is 19.1. The second kappa shape index (κ2) is 9.42. The fourth-order valence-corrected chi connectivity index (χ4v) is 3.12. The lowest BCUT2D eigenvalue weighted by molar-refractivity contribution is 0.0680. The Labute approximate surface area is 161 Å². The Kier molecular flexibility index (Phi) is 6.71. The number of nitrogens with one attached hydrogen (secondary N) is 2. The van der Waals surface area contributed by atoms with Crippen molar-refractivity contribution < 1.29 is 14.3 Å². The minimum absolute atomic E-state index is 0.0742. The van der Waals surface area contributed by atoms with Crippen LogP contribution in [-0.2, 0) is 11.2 Å². The SMILES string of the molecule is CCc1ccc(C(C)NC(=O)Nc2cccc(OCC3CCCO3)c2)cc1. The Hall–Kier alpha value is -2.53. The molecule has 0 aliphatic carbocycles. The van der Waals surface area contributed by atoms with E-state index in [1.54, 1.807) is 0 Å². The monoisotopic (exact) mass is 368 g/mol. The van der Waals surface area contributed by atoms with Crippen molar-refractivity contribution in [1.82, 2.24) is 5.32 Å². The lowest BCUT2D eigenvalue weighted by Crippen LogP contribution is -2.31. The summed E-state index contributed by atoms with van der Waals surface area (Å²) in [6.07, 6.45) is 3.31. The first-order valence-corrected chi connectivity index (χ1v) is 9.65. The number of hydrogen-bond acceptors (Lipinski definition) is 3. The van der Waals surface area contributed by atoms with Crippen LogP contribution in [0.2, 0.25) is 0 Å². The number of carbonyl (C=O) groups excluding carboxylic acids is 1. The van der Waals surface area contributed by atoms with Crippen LogP contribution in [0.1, 0.15) is 43.9 Å². The lowest BCUT2D eigenvalue weighted by atomic mass is 10.1. The smallest absolute Gasteiger partial charge is 0.319 e. The molecule has 2 N–H and O–H groups in total. The van der Waals surface area contributed by atoms with Gasteiger partial charge in [-0.15, -0.1) is 0 Å². The van der Waals surface area contributed by atoms with Gasteiger partial charge in [0.15, 0.2) is 0 Å². The largest absolute Gasteiger partial charge is 0.491 e. The van der Waals surface area contributed by atoms with Crippen LogP contribution >= 0.6 is 0 Å². The molecule has 0 bridgehead atoms. The predicted octanol–water partition coefficient (Wildman–Crippen LogP) is 4.69. The molecule has 144 valence electrons. The van der Waals surface area contributed by atoms with Crippen LogP contribution in [0.5, 0.6) is 5.75 Å². The second-order valence-corrected chi connectivity index (χ2v) is 6.89. The van der Waals surface area contributed by atoms with Gasteiger partial charge in [0.2, 0.25) is 0 Å². The van der Waals surface area contributed by atoms with E-state index in [1.165, 1.54) is 5.56 Å². The van der Waals surface area contributed by atoms with E-state index in [9.17, 15) is 4.79 Å². The van der Waals surface area contributed by atoms with Crippen LogP contribution in [0.25, 0.3) is 0 Å². The van der Waals surface area contributed by atoms with Crippen LogP contribution < -0.4 is 15.4 Å². The number of hydrogen-bond donors (Lipinski definition) is 2. The molecule has 2 atom stereocenters. The molecule has 1 aliphatic heterocycles. The summed E-state index contributed by atoms with van der Waals surface area (Å²) in [5, 5.41) is 5.84. The topological polar surface area (TPSA) is 59.6 Å². The van der Waals surface area contributed by atoms with Crippen LogP contribution in [0.15, 0.2) is 48.5 Å². The standard InChI is InChI=1S/C22H28N2O3/c1-3-17-9-11-18(12-10-17)16(2)23-22(25)24-19-6-4-7-20(14-19)27-15-21-8-5-13-26-21/h4,6-7,9-12,14,16,21H,3,5,8,13,15H2,1-2H3,(H2,23,24,25). The summed E-state index contributed by atoms with van der Waals surface area (Å²) in [5.41, 5.74) is 3.07. The Morgan fingerprint density at radius 1 is 1.26 bits per heavy atom. The van der Waals surface area contributed by atoms with Gasteiger partial charge in [-0.2, -0.15) is 0 Å². The minimum atomic E-state index is -0.238. The van der Waals surface area contributed by atoms with Crippen LogP contribution in [0.3, 0.4) is 0 Å². The molecule has 1 fully saturated rings. The molecule has 2 aromatic carbocycles. The molecule has 0 spiro atoms. The molecule has 2 amide bonds. The summed E-state index contributed by atoms with van der Waals surface area (Å²) in [4.78, 5) is 12.3. The molecule has 2 aromatic rings. The van der Waals surface area contributed by atoms with Crippen LogP contribution in [0.4, 0.5) is 10.5 Å². The summed E-state index contributed by atoms with van der Waals surface area (Å²) < 4.78 is 11.4. The summed E-state index contributed by atoms with van der Waals surface area (Å²) in [5.74, 6) is 0.728. The zero-order valence-electron chi connectivity index (χ0n) is 16.0. The molecule has 3 rings (SSSR count). The van der Waals surface area contributed by atoms with Crippen molar-refractivity contribution in [2.24, 2.45) is 0 Å². The first-order chi connectivity index (χ1) is 13.1. The Balaban J connectivity index is 1.51. The van der Waals surface area contributed by atoms with E-state index in [4.69, 9.17) is 9.47 Å². The summed E-state index contributed by atoms with van der Waals surface area (Å²) in [6.45, 7) is 5.46. The lowest BCUT2D eigenvalue weighted by Gasteiger charge is -2.16. The van der Waals surface area contributed by atoms with Gasteiger partial charge >= 0.3 is 6.03 Å². The highest BCUT2D eigenvalue weighted by Gasteiger charge is 2.16. The highest BCUT2D eigenvalue weighted by atomic mass is 16.5. The molecule has 0 saturated carbocycles. The van der Waals surface area contributed by atoms with Crippen LogP contribution in [0, 0.1) is 0 Å². The van der Waals surface area contributed by atoms with E-state index < -0.39 is 0 Å². The molecular formula is C22H28N2O3. The van der Waals surface area contributed by atoms with Gasteiger partial charge in [-0.05, 0) is 49.4 Å². The maximum atomic E-state index is 12.3. The number of aryl methyl sites for hydroxylation is 1. The maximum absolute atomic E-state index is 12.3. The fraction of sp³-hybridized carbons (Fsp3) is 0.409. The summed E-state index contributed by atoms with van der Waals surface area (Å²) in [6, 6.07) is 15.4. The molecule has 0 aromatic heterocycles. The van der Waals surface area contributed by atoms with E-state index >= 15 is 0 Å². The number of amides is 2. The normalized spacial score (nSPS) is 17.3. The second-order valence-electron chi connectivity index (χ2n) is 6.89. The first kappa shape index (κ1) is 19.2. The molecule has 1 saturated heterocycles. The van der Waals surface area contributed by atoms with E-state index in [1.807, 2.05) is 31.2 Å². The van der Waals surface area contributed by atoms with Crippen molar-refractivity contribution in [3.05, 3.63) is 59.7 Å². The van der Waals surface area contributed by atoms with Gasteiger partial charge in [0.1, 0.15) is 12.4 Å². The molecule has 5 nitrogen and oxygen atoms in total. The highest BCUT2D eigenvalue weighted by Crippen LogP contribution is 2.20. The van der Waals surface area contributed by atoms with E-state index in [2.05, 4.69) is 41.8 Å². The molecule has 27 heavy (non-hydrogen) atoms. The van der Waals surface area contributed by atoms with Gasteiger partial charge < -0.3 is 20.1 Å². The van der Waals surface area contributed by atoms with Gasteiger partial charge in [0.05, 0.1) is 12.1 Å². The van der Waals surface area contributed by atoms with Crippen molar-refractivity contribution in [2.75, 3.05) is 18.5 Å². The highest BCUT2D eigenvalue weighted by molar-refractivity contribution is 5.89. The Bertz CT molecular complexity index is 739. The molecule has 2 unspecified atom stereocenters. The molecule has 0 radical (unpaired) electrons. The van der Waals surface area contributed by atoms with Crippen molar-refractivity contribution >= 4 is 11.7 Å². The molecule has 1 aliphatic rings. The quantitative estimate of drug-likeness (QED) is 0.745. The number of rotatable bonds is 7. The van der Waals surface area contributed by atoms with Gasteiger partial charge in [0.25, 0.3) is 0 Å². The molecular weight excluding hydrogens is 340 g/mol. The maximum Gasteiger partial charge on any atom is 0.319 e. The van der Waals surface area contributed by atoms with Gasteiger partial charge in [-0.1, -0.05) is 37.3 Å².